The van der Waals surface area contributed by atoms with Gasteiger partial charge >= 0.3 is 6.18 Å². The Kier molecular flexibility index (Phi) is 5.14. The molecule has 0 amide bonds. The molecular formula is C15H13ClF3N5O2. The zero-order chi connectivity index (χ0) is 18.7. The van der Waals surface area contributed by atoms with E-state index in [4.69, 9.17) is 21.1 Å². The van der Waals surface area contributed by atoms with Crippen molar-refractivity contribution in [2.45, 2.75) is 6.18 Å². The predicted molar refractivity (Wildman–Crippen MR) is 87.9 cm³/mol. The molecule has 1 N–H and O–H groups in total. The first-order valence-corrected chi connectivity index (χ1v) is 7.74. The number of nitrogens with zero attached hydrogens (tertiary/aromatic N) is 4. The fourth-order valence-corrected chi connectivity index (χ4v) is 2.35. The Balaban J connectivity index is 1.81. The van der Waals surface area contributed by atoms with Crippen LogP contribution >= 0.6 is 11.6 Å². The van der Waals surface area contributed by atoms with Crippen molar-refractivity contribution in [2.75, 3.05) is 25.6 Å². The van der Waals surface area contributed by atoms with E-state index < -0.39 is 12.0 Å². The lowest BCUT2D eigenvalue weighted by atomic mass is 10.3. The normalized spacial score (nSPS) is 11.7. The highest BCUT2D eigenvalue weighted by molar-refractivity contribution is 6.32. The number of hydrogen-bond acceptors (Lipinski definition) is 6. The van der Waals surface area contributed by atoms with Crippen molar-refractivity contribution in [2.24, 2.45) is 0 Å². The van der Waals surface area contributed by atoms with Crippen LogP contribution in [-0.4, -0.2) is 40.1 Å². The summed E-state index contributed by atoms with van der Waals surface area (Å²) in [4.78, 5) is 0. The Bertz CT molecular complexity index is 916. The van der Waals surface area contributed by atoms with Crippen LogP contribution in [0.15, 0.2) is 30.3 Å². The van der Waals surface area contributed by atoms with Gasteiger partial charge in [0.25, 0.3) is 5.82 Å². The molecule has 0 saturated heterocycles. The Hall–Kier alpha value is -2.59. The topological polar surface area (TPSA) is 73.6 Å². The molecule has 2 aromatic heterocycles. The first kappa shape index (κ1) is 18.2. The van der Waals surface area contributed by atoms with Crippen molar-refractivity contribution in [3.8, 4) is 5.75 Å². The average Bonchev–Trinajstić information content (AvgIpc) is 3.00. The van der Waals surface area contributed by atoms with Crippen molar-refractivity contribution < 1.29 is 22.6 Å². The molecule has 3 aromatic rings. The molecule has 0 spiro atoms. The molecule has 0 aliphatic heterocycles. The molecule has 0 unspecified atom stereocenters. The molecule has 0 atom stereocenters. The van der Waals surface area contributed by atoms with Crippen LogP contribution in [0.2, 0.25) is 5.02 Å². The van der Waals surface area contributed by atoms with Gasteiger partial charge in [-0.15, -0.1) is 15.3 Å². The van der Waals surface area contributed by atoms with Gasteiger partial charge in [-0.2, -0.15) is 17.7 Å². The number of hydrogen-bond donors (Lipinski definition) is 1. The predicted octanol–water partition coefficient (Wildman–Crippen LogP) is 3.57. The van der Waals surface area contributed by atoms with Crippen LogP contribution in [0.4, 0.5) is 24.7 Å². The number of aromatic nitrogens is 4. The Labute approximate surface area is 150 Å². The summed E-state index contributed by atoms with van der Waals surface area (Å²) in [6, 6.07) is 7.74. The van der Waals surface area contributed by atoms with Gasteiger partial charge in [0.15, 0.2) is 11.5 Å². The van der Waals surface area contributed by atoms with E-state index in [0.29, 0.717) is 34.2 Å². The summed E-state index contributed by atoms with van der Waals surface area (Å²) in [6.07, 6.45) is -4.66. The minimum atomic E-state index is -4.66. The lowest BCUT2D eigenvalue weighted by Crippen LogP contribution is -2.13. The first-order chi connectivity index (χ1) is 12.4. The van der Waals surface area contributed by atoms with Gasteiger partial charge in [-0.1, -0.05) is 11.6 Å². The summed E-state index contributed by atoms with van der Waals surface area (Å²) in [6.45, 7) is 0.760. The third kappa shape index (κ3) is 3.97. The molecule has 11 heteroatoms. The number of benzene rings is 1. The maximum atomic E-state index is 12.9. The lowest BCUT2D eigenvalue weighted by molar-refractivity contribution is -0.146. The zero-order valence-corrected chi connectivity index (χ0v) is 14.2. The van der Waals surface area contributed by atoms with E-state index in [2.05, 4.69) is 20.6 Å². The van der Waals surface area contributed by atoms with E-state index in [1.165, 1.54) is 12.1 Å². The second-order valence-electron chi connectivity index (χ2n) is 5.12. The number of nitrogens with one attached hydrogen (secondary N) is 1. The standard InChI is InChI=1S/C15H13ClF3N5O2/c1-25-6-7-26-11-3-2-9(8-10(11)16)20-12-4-5-13-21-22-14(15(17,18)19)24(13)23-12/h2-5,8H,6-7H2,1H3,(H,20,23). The number of alkyl halides is 3. The Morgan fingerprint density at radius 1 is 1.15 bits per heavy atom. The molecule has 0 fully saturated rings. The van der Waals surface area contributed by atoms with Gasteiger partial charge in [0, 0.05) is 12.8 Å². The van der Waals surface area contributed by atoms with Crippen molar-refractivity contribution in [1.29, 1.82) is 0 Å². The molecule has 1 aromatic carbocycles. The minimum Gasteiger partial charge on any atom is -0.490 e. The van der Waals surface area contributed by atoms with Gasteiger partial charge < -0.3 is 14.8 Å². The molecule has 7 nitrogen and oxygen atoms in total. The third-order valence-electron chi connectivity index (χ3n) is 3.27. The van der Waals surface area contributed by atoms with E-state index in [1.54, 1.807) is 25.3 Å². The summed E-state index contributed by atoms with van der Waals surface area (Å²) >= 11 is 6.14. The smallest absolute Gasteiger partial charge is 0.453 e. The number of anilines is 2. The Morgan fingerprint density at radius 2 is 1.96 bits per heavy atom. The van der Waals surface area contributed by atoms with Gasteiger partial charge in [-0.05, 0) is 30.3 Å². The van der Waals surface area contributed by atoms with Crippen LogP contribution in [0.1, 0.15) is 5.82 Å². The zero-order valence-electron chi connectivity index (χ0n) is 13.4. The highest BCUT2D eigenvalue weighted by Gasteiger charge is 2.37. The van der Waals surface area contributed by atoms with Gasteiger partial charge in [-0.3, -0.25) is 0 Å². The minimum absolute atomic E-state index is 0.0113. The average molecular weight is 388 g/mol. The van der Waals surface area contributed by atoms with E-state index in [-0.39, 0.29) is 11.5 Å². The molecule has 0 aliphatic carbocycles. The molecule has 0 aliphatic rings. The first-order valence-electron chi connectivity index (χ1n) is 7.36. The summed E-state index contributed by atoms with van der Waals surface area (Å²) in [5.74, 6) is -0.557. The van der Waals surface area contributed by atoms with Crippen LogP contribution in [0.3, 0.4) is 0 Å². The van der Waals surface area contributed by atoms with Gasteiger partial charge in [0.2, 0.25) is 0 Å². The van der Waals surface area contributed by atoms with E-state index in [1.807, 2.05) is 0 Å². The lowest BCUT2D eigenvalue weighted by Gasteiger charge is -2.11. The fourth-order valence-electron chi connectivity index (χ4n) is 2.11. The molecular weight excluding hydrogens is 375 g/mol. The summed E-state index contributed by atoms with van der Waals surface area (Å²) in [7, 11) is 1.56. The maximum absolute atomic E-state index is 12.9. The fraction of sp³-hybridized carbons (Fsp3) is 0.267. The highest BCUT2D eigenvalue weighted by atomic mass is 35.5. The SMILES string of the molecule is COCCOc1ccc(Nc2ccc3nnc(C(F)(F)F)n3n2)cc1Cl. The van der Waals surface area contributed by atoms with Crippen molar-refractivity contribution in [3.63, 3.8) is 0 Å². The van der Waals surface area contributed by atoms with E-state index >= 15 is 0 Å². The molecule has 0 saturated carbocycles. The molecule has 138 valence electrons. The van der Waals surface area contributed by atoms with E-state index in [9.17, 15) is 13.2 Å². The largest absolute Gasteiger partial charge is 0.490 e. The molecule has 0 radical (unpaired) electrons. The summed E-state index contributed by atoms with van der Waals surface area (Å²) in [5.41, 5.74) is 0.519. The van der Waals surface area contributed by atoms with Gasteiger partial charge in [0.05, 0.1) is 11.6 Å². The molecule has 3 rings (SSSR count). The number of methoxy groups -OCH3 is 1. The number of halogens is 4. The summed E-state index contributed by atoms with van der Waals surface area (Å²) in [5, 5.41) is 13.7. The molecule has 0 bridgehead atoms. The molecule has 2 heterocycles. The van der Waals surface area contributed by atoms with Crippen LogP contribution < -0.4 is 10.1 Å². The number of rotatable bonds is 6. The van der Waals surface area contributed by atoms with Gasteiger partial charge in [0.1, 0.15) is 12.4 Å². The second-order valence-corrected chi connectivity index (χ2v) is 5.53. The van der Waals surface area contributed by atoms with Crippen LogP contribution in [0.25, 0.3) is 5.65 Å². The number of ether oxygens (including phenoxy) is 2. The Morgan fingerprint density at radius 3 is 2.65 bits per heavy atom. The van der Waals surface area contributed by atoms with Crippen molar-refractivity contribution >= 4 is 28.8 Å². The van der Waals surface area contributed by atoms with Gasteiger partial charge in [-0.25, -0.2) is 0 Å². The maximum Gasteiger partial charge on any atom is 0.453 e. The van der Waals surface area contributed by atoms with Crippen molar-refractivity contribution in [3.05, 3.63) is 41.2 Å². The van der Waals surface area contributed by atoms with E-state index in [0.717, 1.165) is 0 Å². The third-order valence-corrected chi connectivity index (χ3v) is 3.56. The van der Waals surface area contributed by atoms with Crippen molar-refractivity contribution in [1.82, 2.24) is 19.8 Å². The number of fused-ring (bicyclic) bond motifs is 1. The van der Waals surface area contributed by atoms with Crippen LogP contribution in [-0.2, 0) is 10.9 Å². The highest BCUT2D eigenvalue weighted by Crippen LogP contribution is 2.30. The molecule has 26 heavy (non-hydrogen) atoms. The van der Waals surface area contributed by atoms with Crippen LogP contribution in [0, 0.1) is 0 Å². The monoisotopic (exact) mass is 387 g/mol. The quantitative estimate of drug-likeness (QED) is 0.652. The van der Waals surface area contributed by atoms with Crippen LogP contribution in [0.5, 0.6) is 5.75 Å². The second kappa shape index (κ2) is 7.34. The summed E-state index contributed by atoms with van der Waals surface area (Å²) < 4.78 is 49.7.